The summed E-state index contributed by atoms with van der Waals surface area (Å²) in [4.78, 5) is 2.34. The average Bonchev–Trinajstić information content (AvgIpc) is 3.88. The van der Waals surface area contributed by atoms with Crippen LogP contribution in [-0.2, 0) is 0 Å². The summed E-state index contributed by atoms with van der Waals surface area (Å²) >= 11 is 0. The molecule has 0 N–H and O–H groups in total. The van der Waals surface area contributed by atoms with E-state index in [1.807, 2.05) is 12.1 Å². The topological polar surface area (TPSA) is 20.8 Å². The number of furan rings is 1. The van der Waals surface area contributed by atoms with Crippen LogP contribution in [0.3, 0.4) is 0 Å². The number of fused-ring (bicyclic) bond motifs is 8. The van der Waals surface area contributed by atoms with Crippen molar-refractivity contribution in [1.29, 1.82) is 0 Å². The highest BCUT2D eigenvalue weighted by Crippen LogP contribution is 2.43. The van der Waals surface area contributed by atoms with E-state index in [0.717, 1.165) is 50.1 Å². The van der Waals surface area contributed by atoms with Crippen LogP contribution in [0.4, 0.5) is 17.1 Å². The van der Waals surface area contributed by atoms with E-state index in [1.165, 1.54) is 60.6 Å². The van der Waals surface area contributed by atoms with Crippen molar-refractivity contribution in [2.45, 2.75) is 0 Å². The Balaban J connectivity index is 0.962. The Labute approximate surface area is 353 Å². The van der Waals surface area contributed by atoms with Gasteiger partial charge in [0.1, 0.15) is 11.2 Å². The van der Waals surface area contributed by atoms with E-state index in [0.29, 0.717) is 0 Å². The number of hydrogen-bond donors (Lipinski definition) is 0. The number of para-hydroxylation sites is 1. The zero-order valence-electron chi connectivity index (χ0n) is 33.2. The highest BCUT2D eigenvalue weighted by atomic mass is 16.3. The second-order valence-electron chi connectivity index (χ2n) is 15.7. The summed E-state index contributed by atoms with van der Waals surface area (Å²) in [6, 6.07) is 80.7. The molecule has 0 radical (unpaired) electrons. The van der Waals surface area contributed by atoms with Gasteiger partial charge in [-0.15, -0.1) is 0 Å². The van der Waals surface area contributed by atoms with E-state index in [2.05, 4.69) is 228 Å². The third-order valence-electron chi connectivity index (χ3n) is 12.2. The maximum Gasteiger partial charge on any atom is 0.136 e. The molecule has 0 aliphatic carbocycles. The minimum absolute atomic E-state index is 0.900. The van der Waals surface area contributed by atoms with Crippen molar-refractivity contribution in [3.05, 3.63) is 231 Å². The van der Waals surface area contributed by atoms with Gasteiger partial charge in [-0.25, -0.2) is 0 Å². The molecule has 0 bridgehead atoms. The monoisotopic (exact) mass is 778 g/mol. The molecule has 0 fully saturated rings. The molecule has 0 aliphatic rings. The van der Waals surface area contributed by atoms with Crippen molar-refractivity contribution in [2.75, 3.05) is 4.90 Å². The molecule has 12 aromatic rings. The number of benzene rings is 9. The van der Waals surface area contributed by atoms with Crippen molar-refractivity contribution in [1.82, 2.24) is 4.40 Å². The average molecular weight is 779 g/mol. The fourth-order valence-corrected chi connectivity index (χ4v) is 9.23. The lowest BCUT2D eigenvalue weighted by Crippen LogP contribution is -2.09. The molecule has 0 aliphatic heterocycles. The van der Waals surface area contributed by atoms with E-state index in [1.54, 1.807) is 0 Å². The Morgan fingerprint density at radius 2 is 0.836 bits per heavy atom. The summed E-state index contributed by atoms with van der Waals surface area (Å²) in [5.41, 5.74) is 16.9. The molecule has 0 spiro atoms. The lowest BCUT2D eigenvalue weighted by molar-refractivity contribution is 0.669. The molecule has 61 heavy (non-hydrogen) atoms. The van der Waals surface area contributed by atoms with Crippen LogP contribution in [0.2, 0.25) is 0 Å². The van der Waals surface area contributed by atoms with Gasteiger partial charge >= 0.3 is 0 Å². The Kier molecular flexibility index (Phi) is 8.17. The molecule has 3 heterocycles. The first-order valence-corrected chi connectivity index (χ1v) is 20.8. The van der Waals surface area contributed by atoms with Gasteiger partial charge in [0.25, 0.3) is 0 Å². The van der Waals surface area contributed by atoms with Crippen molar-refractivity contribution < 1.29 is 4.42 Å². The summed E-state index contributed by atoms with van der Waals surface area (Å²) in [5, 5.41) is 5.94. The fourth-order valence-electron chi connectivity index (χ4n) is 9.23. The minimum atomic E-state index is 0.900. The van der Waals surface area contributed by atoms with Crippen LogP contribution in [0.5, 0.6) is 0 Å². The molecule has 3 heteroatoms. The van der Waals surface area contributed by atoms with E-state index in [4.69, 9.17) is 4.42 Å². The second kappa shape index (κ2) is 14.3. The van der Waals surface area contributed by atoms with Gasteiger partial charge in [0.15, 0.2) is 0 Å². The van der Waals surface area contributed by atoms with Gasteiger partial charge in [-0.2, -0.15) is 0 Å². The van der Waals surface area contributed by atoms with Crippen LogP contribution >= 0.6 is 0 Å². The molecule has 12 rings (SSSR count). The zero-order valence-corrected chi connectivity index (χ0v) is 33.2. The summed E-state index contributed by atoms with van der Waals surface area (Å²) < 4.78 is 8.72. The summed E-state index contributed by atoms with van der Waals surface area (Å²) in [7, 11) is 0. The maximum atomic E-state index is 6.40. The standard InChI is InChI=1S/C58H38N2O/c1-3-11-39(12-4-1)41-20-28-47(29-21-41)60(48-30-22-42(23-31-48)40-13-5-2-6-14-40)49-32-24-43(25-33-49)45-19-18-44-27-35-54-58(52(44)37-45)57(53-16-9-10-36-59(53)54)46-26-34-51-50-15-7-8-17-55(50)61-56(51)38-46/h1-38H. The molecule has 0 atom stereocenters. The van der Waals surface area contributed by atoms with Crippen molar-refractivity contribution >= 4 is 66.2 Å². The van der Waals surface area contributed by atoms with Gasteiger partial charge in [-0.3, -0.25) is 0 Å². The molecule has 0 saturated carbocycles. The van der Waals surface area contributed by atoms with Crippen LogP contribution < -0.4 is 4.90 Å². The molecule has 286 valence electrons. The Bertz CT molecular complexity index is 3460. The largest absolute Gasteiger partial charge is 0.456 e. The first-order chi connectivity index (χ1) is 30.2. The Morgan fingerprint density at radius 1 is 0.328 bits per heavy atom. The van der Waals surface area contributed by atoms with E-state index in [9.17, 15) is 0 Å². The number of hydrogen-bond acceptors (Lipinski definition) is 2. The summed E-state index contributed by atoms with van der Waals surface area (Å²) in [6.45, 7) is 0. The van der Waals surface area contributed by atoms with E-state index < -0.39 is 0 Å². The molecule has 3 aromatic heterocycles. The molecule has 0 unspecified atom stereocenters. The number of nitrogens with zero attached hydrogens (tertiary/aromatic N) is 2. The number of anilines is 3. The zero-order chi connectivity index (χ0) is 40.3. The smallest absolute Gasteiger partial charge is 0.136 e. The van der Waals surface area contributed by atoms with Gasteiger partial charge in [0, 0.05) is 45.0 Å². The van der Waals surface area contributed by atoms with Crippen LogP contribution in [-0.4, -0.2) is 4.40 Å². The predicted octanol–water partition coefficient (Wildman–Crippen LogP) is 16.3. The van der Waals surface area contributed by atoms with Crippen LogP contribution in [0.1, 0.15) is 0 Å². The molecule has 3 nitrogen and oxygen atoms in total. The highest BCUT2D eigenvalue weighted by molar-refractivity contribution is 6.20. The molecule has 9 aromatic carbocycles. The van der Waals surface area contributed by atoms with Gasteiger partial charge in [0.05, 0.1) is 11.0 Å². The lowest BCUT2D eigenvalue weighted by Gasteiger charge is -2.26. The lowest BCUT2D eigenvalue weighted by atomic mass is 9.94. The normalized spacial score (nSPS) is 11.6. The Morgan fingerprint density at radius 3 is 1.49 bits per heavy atom. The van der Waals surface area contributed by atoms with Crippen LogP contribution in [0, 0.1) is 0 Å². The van der Waals surface area contributed by atoms with Crippen LogP contribution in [0.25, 0.3) is 93.6 Å². The number of aromatic nitrogens is 1. The predicted molar refractivity (Wildman–Crippen MR) is 256 cm³/mol. The summed E-state index contributed by atoms with van der Waals surface area (Å²) in [6.07, 6.45) is 2.17. The quantitative estimate of drug-likeness (QED) is 0.161. The maximum absolute atomic E-state index is 6.40. The van der Waals surface area contributed by atoms with Crippen molar-refractivity contribution in [3.8, 4) is 44.5 Å². The minimum Gasteiger partial charge on any atom is -0.456 e. The van der Waals surface area contributed by atoms with Gasteiger partial charge < -0.3 is 13.7 Å². The fraction of sp³-hybridized carbons (Fsp3) is 0. The van der Waals surface area contributed by atoms with Gasteiger partial charge in [0.2, 0.25) is 0 Å². The molecular weight excluding hydrogens is 741 g/mol. The third-order valence-corrected chi connectivity index (χ3v) is 12.2. The highest BCUT2D eigenvalue weighted by Gasteiger charge is 2.19. The summed E-state index contributed by atoms with van der Waals surface area (Å²) in [5.74, 6) is 0. The van der Waals surface area contributed by atoms with Gasteiger partial charge in [-0.1, -0.05) is 146 Å². The molecule has 0 saturated heterocycles. The first kappa shape index (κ1) is 34.9. The van der Waals surface area contributed by atoms with E-state index in [-0.39, 0.29) is 0 Å². The second-order valence-corrected chi connectivity index (χ2v) is 15.7. The van der Waals surface area contributed by atoms with E-state index >= 15 is 0 Å². The van der Waals surface area contributed by atoms with Crippen LogP contribution in [0.15, 0.2) is 235 Å². The first-order valence-electron chi connectivity index (χ1n) is 20.8. The SMILES string of the molecule is c1ccc(-c2ccc(N(c3ccc(-c4ccccc4)cc3)c3ccc(-c4ccc5ccc6c(c(-c7ccc8c(c7)oc7ccccc78)c7ccccn76)c5c4)cc3)cc2)cc1. The van der Waals surface area contributed by atoms with Crippen molar-refractivity contribution in [2.24, 2.45) is 0 Å². The molecule has 0 amide bonds. The molecular formula is C58H38N2O. The van der Waals surface area contributed by atoms with Crippen molar-refractivity contribution in [3.63, 3.8) is 0 Å². The van der Waals surface area contributed by atoms with Gasteiger partial charge in [-0.05, 0) is 129 Å². The Hall–Kier alpha value is -8.14. The number of rotatable bonds is 7. The third kappa shape index (κ3) is 5.98. The number of pyridine rings is 1.